The molecule has 0 rings (SSSR count). The van der Waals surface area contributed by atoms with E-state index in [0.717, 1.165) is 6.42 Å². The summed E-state index contributed by atoms with van der Waals surface area (Å²) in [5.74, 6) is 0. The predicted molar refractivity (Wildman–Crippen MR) is 55.1 cm³/mol. The summed E-state index contributed by atoms with van der Waals surface area (Å²) in [7, 11) is 0.294. The van der Waals surface area contributed by atoms with Crippen molar-refractivity contribution in [1.29, 1.82) is 0 Å². The molecule has 0 saturated heterocycles. The Morgan fingerprint density at radius 3 is 2.17 bits per heavy atom. The highest BCUT2D eigenvalue weighted by Gasteiger charge is 2.16. The molecule has 0 aromatic heterocycles. The first kappa shape index (κ1) is 12.1. The zero-order chi connectivity index (χ0) is 9.45. The lowest BCUT2D eigenvalue weighted by atomic mass is 10.0. The van der Waals surface area contributed by atoms with Crippen LogP contribution in [-0.4, -0.2) is 5.16 Å². The molecule has 0 N–H and O–H groups in total. The van der Waals surface area contributed by atoms with E-state index in [0.29, 0.717) is 8.46 Å². The van der Waals surface area contributed by atoms with Crippen LogP contribution < -0.4 is 0 Å². The Morgan fingerprint density at radius 2 is 1.67 bits per heavy atom. The standard InChI is InChI=1S/C10H21OP/c1-4-5-6-7-8-9-10(2,3)12-11/h4-9H2,1-3H3. The highest BCUT2D eigenvalue weighted by atomic mass is 31.1. The highest BCUT2D eigenvalue weighted by molar-refractivity contribution is 7.25. The van der Waals surface area contributed by atoms with E-state index in [2.05, 4.69) is 20.8 Å². The van der Waals surface area contributed by atoms with Gasteiger partial charge >= 0.3 is 0 Å². The van der Waals surface area contributed by atoms with Crippen molar-refractivity contribution >= 4 is 8.46 Å². The lowest BCUT2D eigenvalue weighted by molar-refractivity contribution is 0.519. The van der Waals surface area contributed by atoms with Crippen LogP contribution in [0.5, 0.6) is 0 Å². The van der Waals surface area contributed by atoms with E-state index in [-0.39, 0.29) is 5.16 Å². The van der Waals surface area contributed by atoms with Gasteiger partial charge in [-0.2, -0.15) is 0 Å². The van der Waals surface area contributed by atoms with Gasteiger partial charge < -0.3 is 0 Å². The fraction of sp³-hybridized carbons (Fsp3) is 1.00. The number of unbranched alkanes of at least 4 members (excludes halogenated alkanes) is 4. The van der Waals surface area contributed by atoms with E-state index in [1.807, 2.05) is 0 Å². The van der Waals surface area contributed by atoms with Gasteiger partial charge in [-0.3, -0.25) is 4.57 Å². The first-order valence-electron chi connectivity index (χ1n) is 4.97. The van der Waals surface area contributed by atoms with Crippen LogP contribution in [0.2, 0.25) is 0 Å². The van der Waals surface area contributed by atoms with Crippen LogP contribution in [0.25, 0.3) is 0 Å². The minimum Gasteiger partial charge on any atom is -0.274 e. The van der Waals surface area contributed by atoms with E-state index in [1.165, 1.54) is 32.1 Å². The summed E-state index contributed by atoms with van der Waals surface area (Å²) in [6.45, 7) is 6.34. The predicted octanol–water partition coefficient (Wildman–Crippen LogP) is 4.42. The second-order valence-corrected chi connectivity index (χ2v) is 5.46. The third-order valence-electron chi connectivity index (χ3n) is 2.14. The van der Waals surface area contributed by atoms with E-state index in [9.17, 15) is 4.57 Å². The van der Waals surface area contributed by atoms with Crippen molar-refractivity contribution in [3.63, 3.8) is 0 Å². The van der Waals surface area contributed by atoms with E-state index < -0.39 is 0 Å². The Morgan fingerprint density at radius 1 is 1.08 bits per heavy atom. The van der Waals surface area contributed by atoms with Crippen LogP contribution in [0.3, 0.4) is 0 Å². The zero-order valence-electron chi connectivity index (χ0n) is 8.60. The molecule has 0 aliphatic heterocycles. The maximum Gasteiger partial charge on any atom is 0.161 e. The molecule has 0 amide bonds. The lowest BCUT2D eigenvalue weighted by Crippen LogP contribution is -2.09. The fourth-order valence-corrected chi connectivity index (χ4v) is 1.46. The first-order chi connectivity index (χ1) is 5.62. The second kappa shape index (κ2) is 6.60. The van der Waals surface area contributed by atoms with E-state index in [4.69, 9.17) is 0 Å². The average molecular weight is 188 g/mol. The van der Waals surface area contributed by atoms with Gasteiger partial charge in [0.25, 0.3) is 0 Å². The minimum absolute atomic E-state index is 0.00617. The fourth-order valence-electron chi connectivity index (χ4n) is 1.21. The SMILES string of the molecule is CCCCCCCC(C)(C)P=O. The van der Waals surface area contributed by atoms with E-state index in [1.54, 1.807) is 0 Å². The summed E-state index contributed by atoms with van der Waals surface area (Å²) in [6, 6.07) is 0. The van der Waals surface area contributed by atoms with Crippen LogP contribution in [0.4, 0.5) is 0 Å². The van der Waals surface area contributed by atoms with Crippen LogP contribution in [0, 0.1) is 0 Å². The van der Waals surface area contributed by atoms with Gasteiger partial charge in [0.05, 0.1) is 0 Å². The molecule has 72 valence electrons. The highest BCUT2D eigenvalue weighted by Crippen LogP contribution is 2.27. The van der Waals surface area contributed by atoms with Crippen molar-refractivity contribution in [2.24, 2.45) is 0 Å². The van der Waals surface area contributed by atoms with Crippen LogP contribution in [0.1, 0.15) is 59.3 Å². The number of hydrogen-bond acceptors (Lipinski definition) is 1. The smallest absolute Gasteiger partial charge is 0.161 e. The summed E-state index contributed by atoms with van der Waals surface area (Å²) in [6.07, 6.45) is 7.58. The van der Waals surface area contributed by atoms with Crippen molar-refractivity contribution < 1.29 is 4.57 Å². The Bertz CT molecular complexity index is 121. The molecule has 1 nitrogen and oxygen atoms in total. The molecular formula is C10H21OP. The molecule has 0 heterocycles. The first-order valence-corrected chi connectivity index (χ1v) is 5.78. The third-order valence-corrected chi connectivity index (χ3v) is 2.86. The van der Waals surface area contributed by atoms with Gasteiger partial charge in [-0.1, -0.05) is 39.0 Å². The largest absolute Gasteiger partial charge is 0.274 e. The molecular weight excluding hydrogens is 167 g/mol. The average Bonchev–Trinajstić information content (AvgIpc) is 2.04. The van der Waals surface area contributed by atoms with Crippen LogP contribution >= 0.6 is 8.46 Å². The molecule has 12 heavy (non-hydrogen) atoms. The molecule has 0 fully saturated rings. The third kappa shape index (κ3) is 6.79. The molecule has 0 aromatic rings. The molecule has 0 atom stereocenters. The normalized spacial score (nSPS) is 12.2. The lowest BCUT2D eigenvalue weighted by Gasteiger charge is -2.14. The molecule has 2 heteroatoms. The van der Waals surface area contributed by atoms with Gasteiger partial charge in [-0.15, -0.1) is 0 Å². The van der Waals surface area contributed by atoms with Gasteiger partial charge in [0.15, 0.2) is 8.46 Å². The summed E-state index contributed by atoms with van der Waals surface area (Å²) in [5.41, 5.74) is 0. The Labute approximate surface area is 78.1 Å². The van der Waals surface area contributed by atoms with Crippen LogP contribution in [-0.2, 0) is 4.57 Å². The van der Waals surface area contributed by atoms with E-state index >= 15 is 0 Å². The monoisotopic (exact) mass is 188 g/mol. The maximum atomic E-state index is 10.6. The van der Waals surface area contributed by atoms with Crippen molar-refractivity contribution in [3.8, 4) is 0 Å². The maximum absolute atomic E-state index is 10.6. The summed E-state index contributed by atoms with van der Waals surface area (Å²) in [4.78, 5) is 0. The topological polar surface area (TPSA) is 17.1 Å². The van der Waals surface area contributed by atoms with Gasteiger partial charge in [0.1, 0.15) is 0 Å². The molecule has 0 unspecified atom stereocenters. The van der Waals surface area contributed by atoms with Crippen molar-refractivity contribution in [3.05, 3.63) is 0 Å². The molecule has 0 radical (unpaired) electrons. The molecule has 0 saturated carbocycles. The molecule has 0 aliphatic carbocycles. The number of rotatable bonds is 7. The molecule has 0 bridgehead atoms. The Hall–Kier alpha value is 0.100. The van der Waals surface area contributed by atoms with Crippen molar-refractivity contribution in [2.75, 3.05) is 0 Å². The quantitative estimate of drug-likeness (QED) is 0.427. The number of hydrogen-bond donors (Lipinski definition) is 0. The Balaban J connectivity index is 3.25. The molecule has 0 aromatic carbocycles. The van der Waals surface area contributed by atoms with Gasteiger partial charge in [-0.05, 0) is 20.3 Å². The summed E-state index contributed by atoms with van der Waals surface area (Å²) >= 11 is 0. The molecule has 0 aliphatic rings. The van der Waals surface area contributed by atoms with Crippen molar-refractivity contribution in [1.82, 2.24) is 0 Å². The van der Waals surface area contributed by atoms with Gasteiger partial charge in [0.2, 0.25) is 0 Å². The Kier molecular flexibility index (Phi) is 6.65. The zero-order valence-corrected chi connectivity index (χ0v) is 9.49. The second-order valence-electron chi connectivity index (χ2n) is 4.07. The van der Waals surface area contributed by atoms with Gasteiger partial charge in [-0.25, -0.2) is 0 Å². The van der Waals surface area contributed by atoms with Crippen molar-refractivity contribution in [2.45, 2.75) is 64.5 Å². The summed E-state index contributed by atoms with van der Waals surface area (Å²) < 4.78 is 10.6. The minimum atomic E-state index is 0.00617. The van der Waals surface area contributed by atoms with Gasteiger partial charge in [0, 0.05) is 5.16 Å². The van der Waals surface area contributed by atoms with Crippen LogP contribution in [0.15, 0.2) is 0 Å². The molecule has 0 spiro atoms. The summed E-state index contributed by atoms with van der Waals surface area (Å²) in [5, 5.41) is 0.00617.